The Bertz CT molecular complexity index is 1370. The van der Waals surface area contributed by atoms with E-state index >= 15 is 0 Å². The lowest BCUT2D eigenvalue weighted by Gasteiger charge is -2.28. The third-order valence-corrected chi connectivity index (χ3v) is 8.03. The maximum Gasteiger partial charge on any atom is 0.321 e. The van der Waals surface area contributed by atoms with E-state index in [-0.39, 0.29) is 25.9 Å². The lowest BCUT2D eigenvalue weighted by atomic mass is 10.1. The van der Waals surface area contributed by atoms with Crippen molar-refractivity contribution in [2.75, 3.05) is 32.9 Å². The Kier molecular flexibility index (Phi) is 22.1. The zero-order valence-corrected chi connectivity index (χ0v) is 30.0. The zero-order valence-electron chi connectivity index (χ0n) is 30.0. The van der Waals surface area contributed by atoms with Crippen molar-refractivity contribution in [2.45, 2.75) is 93.8 Å². The molecule has 0 heterocycles. The van der Waals surface area contributed by atoms with Crippen LogP contribution in [0.2, 0.25) is 0 Å². The largest absolute Gasteiger partial charge is 0.481 e. The summed E-state index contributed by atoms with van der Waals surface area (Å²) in [7, 11) is 0. The van der Waals surface area contributed by atoms with Crippen molar-refractivity contribution in [3.8, 4) is 0 Å². The van der Waals surface area contributed by atoms with Gasteiger partial charge in [0.05, 0.1) is 32.0 Å². The van der Waals surface area contributed by atoms with Crippen molar-refractivity contribution >= 4 is 41.5 Å². The van der Waals surface area contributed by atoms with Crippen LogP contribution in [-0.2, 0) is 40.0 Å². The third kappa shape index (κ3) is 17.4. The number of aliphatic hydroxyl groups is 4. The first-order valence-corrected chi connectivity index (χ1v) is 17.3. The van der Waals surface area contributed by atoms with Crippen molar-refractivity contribution in [3.63, 3.8) is 0 Å². The van der Waals surface area contributed by atoms with Gasteiger partial charge < -0.3 is 74.0 Å². The van der Waals surface area contributed by atoms with Gasteiger partial charge in [-0.25, -0.2) is 0 Å². The molecule has 0 bridgehead atoms. The number of aliphatic carboxylic acids is 2. The number of carboxylic acids is 2. The van der Waals surface area contributed by atoms with Crippen molar-refractivity contribution < 1.29 is 64.2 Å². The van der Waals surface area contributed by atoms with Crippen LogP contribution in [0, 0.1) is 0 Å². The standard InChI is InChI=1S/C33H54N8O13/c1-18(45)27(41-30(50)23(10-11-26(46)47)38-28(48)21(35)16-43)32(52)40-25(17-44)31(51)39-22(9-5-6-12-34)29(49)37-20(15-42)14-36-24(33(53)54)13-19-7-3-2-4-8-19/h2-4,7-8,18,20-25,27,36,42-45H,5-6,9-17,34-35H2,1H3,(H,37,49)(H,38,48)(H,39,51)(H,40,52)(H,41,50)(H,46,47)(H,53,54)/t18?,20-,21+,22+,23+,24+,25+,27+/m1/s1. The molecule has 0 aromatic heterocycles. The second kappa shape index (κ2) is 25.3. The monoisotopic (exact) mass is 770 g/mol. The van der Waals surface area contributed by atoms with Crippen LogP contribution in [0.4, 0.5) is 0 Å². The third-order valence-electron chi connectivity index (χ3n) is 8.03. The molecule has 0 saturated heterocycles. The van der Waals surface area contributed by atoms with Crippen LogP contribution >= 0.6 is 0 Å². The molecule has 1 aromatic rings. The quantitative estimate of drug-likeness (QED) is 0.0371. The minimum atomic E-state index is -1.80. The molecule has 304 valence electrons. The summed E-state index contributed by atoms with van der Waals surface area (Å²) >= 11 is 0. The zero-order chi connectivity index (χ0) is 40.8. The first-order valence-electron chi connectivity index (χ1n) is 17.3. The number of hydrogen-bond acceptors (Lipinski definition) is 14. The Morgan fingerprint density at radius 3 is 1.80 bits per heavy atom. The molecule has 21 nitrogen and oxygen atoms in total. The lowest BCUT2D eigenvalue weighted by Crippen LogP contribution is -2.62. The van der Waals surface area contributed by atoms with Crippen LogP contribution in [-0.4, -0.2) is 153 Å². The van der Waals surface area contributed by atoms with Crippen LogP contribution in [0.15, 0.2) is 30.3 Å². The van der Waals surface area contributed by atoms with E-state index in [2.05, 4.69) is 31.9 Å². The molecule has 21 heteroatoms. The molecule has 1 aromatic carbocycles. The Morgan fingerprint density at radius 2 is 1.26 bits per heavy atom. The Morgan fingerprint density at radius 1 is 0.685 bits per heavy atom. The number of nitrogens with two attached hydrogens (primary N) is 2. The van der Waals surface area contributed by atoms with E-state index in [1.807, 2.05) is 0 Å². The SMILES string of the molecule is CC(O)[C@H](NC(=O)[C@H](CCC(=O)O)NC(=O)[C@@H](N)CO)C(=O)N[C@@H](CO)C(=O)N[C@@H](CCCCN)C(=O)N[C@@H](CO)CN[C@@H](Cc1ccccc1)C(=O)O. The maximum absolute atomic E-state index is 13.3. The maximum atomic E-state index is 13.3. The van der Waals surface area contributed by atoms with E-state index in [1.54, 1.807) is 30.3 Å². The fourth-order valence-electron chi connectivity index (χ4n) is 4.89. The van der Waals surface area contributed by atoms with Crippen molar-refractivity contribution in [1.29, 1.82) is 0 Å². The normalized spacial score (nSPS) is 15.5. The molecule has 0 radical (unpaired) electrons. The number of amides is 5. The summed E-state index contributed by atoms with van der Waals surface area (Å²) in [6, 6.07) is -1.08. The van der Waals surface area contributed by atoms with E-state index in [4.69, 9.17) is 21.7 Å². The van der Waals surface area contributed by atoms with Crippen LogP contribution in [0.3, 0.4) is 0 Å². The number of aliphatic hydroxyl groups excluding tert-OH is 4. The molecule has 0 spiro atoms. The molecule has 16 N–H and O–H groups in total. The van der Waals surface area contributed by atoms with Gasteiger partial charge in [0.25, 0.3) is 0 Å². The average molecular weight is 771 g/mol. The molecule has 0 aliphatic heterocycles. The number of carboxylic acid groups (broad SMARTS) is 2. The van der Waals surface area contributed by atoms with Crippen LogP contribution in [0.25, 0.3) is 0 Å². The molecular weight excluding hydrogens is 716 g/mol. The minimum Gasteiger partial charge on any atom is -0.481 e. The van der Waals surface area contributed by atoms with Gasteiger partial charge in [-0.15, -0.1) is 0 Å². The van der Waals surface area contributed by atoms with E-state index in [1.165, 1.54) is 0 Å². The van der Waals surface area contributed by atoms with Crippen LogP contribution in [0.1, 0.15) is 44.6 Å². The van der Waals surface area contributed by atoms with Crippen molar-refractivity contribution in [2.24, 2.45) is 11.5 Å². The highest BCUT2D eigenvalue weighted by atomic mass is 16.4. The second-order valence-corrected chi connectivity index (χ2v) is 12.5. The summed E-state index contributed by atoms with van der Waals surface area (Å²) in [6.45, 7) is -1.19. The molecular formula is C33H54N8O13. The molecule has 0 fully saturated rings. The Hall–Kier alpha value is -4.77. The number of hydrogen-bond donors (Lipinski definition) is 14. The molecule has 54 heavy (non-hydrogen) atoms. The number of unbranched alkanes of at least 4 members (excludes halogenated alkanes) is 1. The summed E-state index contributed by atoms with van der Waals surface area (Å²) < 4.78 is 0. The Balaban J connectivity index is 3.05. The highest BCUT2D eigenvalue weighted by Crippen LogP contribution is 2.07. The molecule has 0 aliphatic carbocycles. The molecule has 0 aliphatic rings. The van der Waals surface area contributed by atoms with Gasteiger partial charge in [0.15, 0.2) is 0 Å². The summed E-state index contributed by atoms with van der Waals surface area (Å²) in [5.74, 6) is -7.59. The number of benzene rings is 1. The number of carbonyl (C=O) groups excluding carboxylic acids is 5. The summed E-state index contributed by atoms with van der Waals surface area (Å²) in [4.78, 5) is 87.9. The van der Waals surface area contributed by atoms with Crippen molar-refractivity contribution in [1.82, 2.24) is 31.9 Å². The fraction of sp³-hybridized carbons (Fsp3) is 0.606. The fourth-order valence-corrected chi connectivity index (χ4v) is 4.89. The molecule has 1 unspecified atom stereocenters. The minimum absolute atomic E-state index is 0.0357. The van der Waals surface area contributed by atoms with Gasteiger partial charge in [-0.2, -0.15) is 0 Å². The van der Waals surface area contributed by atoms with Crippen molar-refractivity contribution in [3.05, 3.63) is 35.9 Å². The molecule has 0 saturated carbocycles. The average Bonchev–Trinajstić information content (AvgIpc) is 3.14. The Labute approximate surface area is 311 Å². The highest BCUT2D eigenvalue weighted by molar-refractivity contribution is 5.96. The first kappa shape index (κ1) is 47.3. The molecule has 1 rings (SSSR count). The van der Waals surface area contributed by atoms with Gasteiger partial charge in [-0.05, 0) is 51.1 Å². The number of rotatable bonds is 27. The van der Waals surface area contributed by atoms with Gasteiger partial charge in [-0.1, -0.05) is 30.3 Å². The van der Waals surface area contributed by atoms with E-state index in [0.717, 1.165) is 12.5 Å². The van der Waals surface area contributed by atoms with Gasteiger partial charge in [0, 0.05) is 13.0 Å². The summed E-state index contributed by atoms with van der Waals surface area (Å²) in [5.41, 5.74) is 11.8. The van der Waals surface area contributed by atoms with E-state index in [0.29, 0.717) is 12.8 Å². The highest BCUT2D eigenvalue weighted by Gasteiger charge is 2.34. The van der Waals surface area contributed by atoms with Gasteiger partial charge >= 0.3 is 11.9 Å². The predicted octanol–water partition coefficient (Wildman–Crippen LogP) is -5.63. The van der Waals surface area contributed by atoms with Gasteiger partial charge in [-0.3, -0.25) is 33.6 Å². The topological polar surface area (TPSA) is 365 Å². The van der Waals surface area contributed by atoms with E-state index < -0.39 is 123 Å². The van der Waals surface area contributed by atoms with Gasteiger partial charge in [0.1, 0.15) is 36.3 Å². The number of nitrogens with one attached hydrogen (secondary N) is 6. The van der Waals surface area contributed by atoms with Gasteiger partial charge in [0.2, 0.25) is 29.5 Å². The molecule has 8 atom stereocenters. The smallest absolute Gasteiger partial charge is 0.321 e. The second-order valence-electron chi connectivity index (χ2n) is 12.5. The van der Waals surface area contributed by atoms with Crippen LogP contribution in [0.5, 0.6) is 0 Å². The summed E-state index contributed by atoms with van der Waals surface area (Å²) in [5, 5.41) is 72.4. The first-order chi connectivity index (χ1) is 25.6. The van der Waals surface area contributed by atoms with Crippen LogP contribution < -0.4 is 43.4 Å². The summed E-state index contributed by atoms with van der Waals surface area (Å²) in [6.07, 6.45) is -1.72. The lowest BCUT2D eigenvalue weighted by molar-refractivity contribution is -0.140. The predicted molar refractivity (Wildman–Crippen MR) is 190 cm³/mol. The number of carbonyl (C=O) groups is 7. The van der Waals surface area contributed by atoms with E-state index in [9.17, 15) is 54.0 Å². The molecule has 5 amide bonds.